The molecule has 14 heteroatoms. The van der Waals surface area contributed by atoms with Crippen LogP contribution in [0.25, 0.3) is 11.2 Å². The van der Waals surface area contributed by atoms with Crippen molar-refractivity contribution in [3.05, 3.63) is 91.9 Å². The number of hydrogen-bond donors (Lipinski definition) is 5. The van der Waals surface area contributed by atoms with Crippen LogP contribution in [0.2, 0.25) is 0 Å². The molecule has 0 aliphatic heterocycles. The zero-order chi connectivity index (χ0) is 36.9. The lowest BCUT2D eigenvalue weighted by Gasteiger charge is -2.18. The first-order chi connectivity index (χ1) is 24.6. The molecule has 0 saturated carbocycles. The largest absolute Gasteiger partial charge is 0.481 e. The number of nitrogens with one attached hydrogen (secondary N) is 2. The molecule has 4 rings (SSSR count). The van der Waals surface area contributed by atoms with Crippen LogP contribution in [0.5, 0.6) is 0 Å². The van der Waals surface area contributed by atoms with Gasteiger partial charge in [0, 0.05) is 50.3 Å². The normalized spacial score (nSPS) is 11.9. The summed E-state index contributed by atoms with van der Waals surface area (Å²) in [5.41, 5.74) is 13.6. The van der Waals surface area contributed by atoms with Crippen molar-refractivity contribution in [3.63, 3.8) is 0 Å². The Morgan fingerprint density at radius 3 is 2.37 bits per heavy atom. The monoisotopic (exact) mass is 702 g/mol. The third-order valence-corrected chi connectivity index (χ3v) is 8.81. The second-order valence-corrected chi connectivity index (χ2v) is 12.6. The second kappa shape index (κ2) is 18.8. The smallest absolute Gasteiger partial charge is 0.332 e. The van der Waals surface area contributed by atoms with Gasteiger partial charge in [0.2, 0.25) is 5.91 Å². The lowest BCUT2D eigenvalue weighted by atomic mass is 9.96. The van der Waals surface area contributed by atoms with Crippen molar-refractivity contribution in [1.29, 1.82) is 0 Å². The van der Waals surface area contributed by atoms with Crippen LogP contribution in [0.15, 0.2) is 58.1 Å². The number of carbonyl (C=O) groups is 3. The van der Waals surface area contributed by atoms with Crippen LogP contribution in [-0.2, 0) is 42.1 Å². The molecule has 274 valence electrons. The molecule has 0 bridgehead atoms. The number of carboxylic acids is 1. The molecule has 0 aliphatic carbocycles. The second-order valence-electron chi connectivity index (χ2n) is 12.6. The minimum absolute atomic E-state index is 0.0773. The number of amides is 1. The topological polar surface area (TPSA) is 209 Å². The van der Waals surface area contributed by atoms with E-state index >= 15 is 0 Å². The van der Waals surface area contributed by atoms with E-state index in [9.17, 15) is 29.1 Å². The van der Waals surface area contributed by atoms with Gasteiger partial charge >= 0.3 is 11.7 Å². The van der Waals surface area contributed by atoms with Crippen molar-refractivity contribution in [2.24, 2.45) is 5.73 Å². The predicted molar refractivity (Wildman–Crippen MR) is 197 cm³/mol. The number of imidazole rings is 1. The molecule has 51 heavy (non-hydrogen) atoms. The van der Waals surface area contributed by atoms with Crippen LogP contribution in [0.1, 0.15) is 79.7 Å². The molecular weight excluding hydrogens is 652 g/mol. The quantitative estimate of drug-likeness (QED) is 0.0487. The Morgan fingerprint density at radius 2 is 1.69 bits per heavy atom. The highest BCUT2D eigenvalue weighted by Gasteiger charge is 2.27. The van der Waals surface area contributed by atoms with Crippen LogP contribution in [0.3, 0.4) is 0 Å². The van der Waals surface area contributed by atoms with Crippen molar-refractivity contribution in [3.8, 4) is 0 Å². The van der Waals surface area contributed by atoms with E-state index in [0.717, 1.165) is 24.9 Å². The average Bonchev–Trinajstić information content (AvgIpc) is 3.46. The Hall–Kier alpha value is -5.08. The summed E-state index contributed by atoms with van der Waals surface area (Å²) >= 11 is 0. The molecule has 0 spiro atoms. The van der Waals surface area contributed by atoms with Crippen molar-refractivity contribution in [2.75, 3.05) is 25.4 Å². The summed E-state index contributed by atoms with van der Waals surface area (Å²) in [4.78, 5) is 70.6. The number of anilines is 1. The zero-order valence-electron chi connectivity index (χ0n) is 29.5. The highest BCUT2D eigenvalue weighted by atomic mass is 16.4. The first-order valence-corrected chi connectivity index (χ1v) is 17.7. The first kappa shape index (κ1) is 38.7. The van der Waals surface area contributed by atoms with Crippen LogP contribution in [0.4, 0.5) is 5.69 Å². The van der Waals surface area contributed by atoms with Gasteiger partial charge in [-0.05, 0) is 56.0 Å². The van der Waals surface area contributed by atoms with Gasteiger partial charge in [-0.15, -0.1) is 0 Å². The van der Waals surface area contributed by atoms with Gasteiger partial charge in [0.1, 0.15) is 11.9 Å². The number of aryl methyl sites for hydroxylation is 2. The maximum absolute atomic E-state index is 13.9. The molecule has 4 aromatic rings. The number of carbonyl (C=O) groups excluding carboxylic acids is 2. The fourth-order valence-electron chi connectivity index (χ4n) is 6.20. The van der Waals surface area contributed by atoms with Crippen LogP contribution in [-0.4, -0.2) is 67.1 Å². The molecule has 2 heterocycles. The highest BCUT2D eigenvalue weighted by Crippen LogP contribution is 2.22. The van der Waals surface area contributed by atoms with Gasteiger partial charge in [0.15, 0.2) is 16.9 Å². The Balaban J connectivity index is 1.70. The van der Waals surface area contributed by atoms with Gasteiger partial charge in [-0.3, -0.25) is 28.3 Å². The molecule has 14 nitrogen and oxygen atoms in total. The molecule has 2 aromatic carbocycles. The number of ketones is 1. The van der Waals surface area contributed by atoms with Crippen LogP contribution in [0, 0.1) is 0 Å². The molecule has 1 atom stereocenters. The number of hydrogen-bond acceptors (Lipinski definition) is 9. The van der Waals surface area contributed by atoms with E-state index in [2.05, 4.69) is 10.6 Å². The highest BCUT2D eigenvalue weighted by molar-refractivity contribution is 6.07. The Kier molecular flexibility index (Phi) is 14.3. The summed E-state index contributed by atoms with van der Waals surface area (Å²) < 4.78 is 4.65. The van der Waals surface area contributed by atoms with Gasteiger partial charge in [-0.2, -0.15) is 0 Å². The third-order valence-electron chi connectivity index (χ3n) is 8.81. The van der Waals surface area contributed by atoms with Crippen LogP contribution < -0.4 is 33.3 Å². The van der Waals surface area contributed by atoms with Gasteiger partial charge in [-0.1, -0.05) is 62.7 Å². The zero-order valence-corrected chi connectivity index (χ0v) is 29.5. The van der Waals surface area contributed by atoms with E-state index < -0.39 is 41.4 Å². The summed E-state index contributed by atoms with van der Waals surface area (Å²) in [7, 11) is 0. The van der Waals surface area contributed by atoms with Gasteiger partial charge in [-0.25, -0.2) is 9.78 Å². The SMILES string of the molecule is CCCn1c(=O)c2c(nc(Cc3ccccc3)n2CCNCC)n(CCc2cccc(C(=O)C(CC(=O)O)NC(=O)CCCCCN)c2N)c1=O. The Labute approximate surface area is 296 Å². The first-order valence-electron chi connectivity index (χ1n) is 17.7. The number of para-hydroxylation sites is 1. The molecule has 7 N–H and O–H groups in total. The van der Waals surface area contributed by atoms with E-state index in [-0.39, 0.29) is 42.8 Å². The molecule has 0 aliphatic rings. The number of likely N-dealkylation sites (N-methyl/N-ethyl adjacent to an activating group) is 1. The summed E-state index contributed by atoms with van der Waals surface area (Å²) in [6.07, 6.45) is 2.84. The fraction of sp³-hybridized carbons (Fsp3) is 0.459. The van der Waals surface area contributed by atoms with E-state index in [4.69, 9.17) is 16.5 Å². The number of benzene rings is 2. The van der Waals surface area contributed by atoms with Crippen molar-refractivity contribution in [1.82, 2.24) is 29.3 Å². The lowest BCUT2D eigenvalue weighted by molar-refractivity contribution is -0.137. The van der Waals surface area contributed by atoms with Gasteiger partial charge < -0.3 is 31.8 Å². The maximum atomic E-state index is 13.9. The number of nitrogens with zero attached hydrogens (tertiary/aromatic N) is 4. The molecular formula is C37H50N8O6. The molecule has 0 saturated heterocycles. The predicted octanol–water partition coefficient (Wildman–Crippen LogP) is 2.46. The van der Waals surface area contributed by atoms with Crippen molar-refractivity contribution >= 4 is 34.5 Å². The number of aliphatic carboxylic acids is 1. The molecule has 0 fully saturated rings. The Bertz CT molecular complexity index is 1930. The number of carboxylic acid groups (broad SMARTS) is 1. The lowest BCUT2D eigenvalue weighted by Crippen LogP contribution is -2.42. The number of nitrogen functional groups attached to an aromatic ring is 1. The number of fused-ring (bicyclic) bond motifs is 1. The molecule has 1 unspecified atom stereocenters. The average molecular weight is 703 g/mol. The minimum atomic E-state index is -1.31. The number of unbranched alkanes of at least 4 members (excludes halogenated alkanes) is 2. The third kappa shape index (κ3) is 9.79. The fourth-order valence-corrected chi connectivity index (χ4v) is 6.20. The van der Waals surface area contributed by atoms with Crippen molar-refractivity contribution < 1.29 is 19.5 Å². The van der Waals surface area contributed by atoms with Crippen LogP contribution >= 0.6 is 0 Å². The Morgan fingerprint density at radius 1 is 0.922 bits per heavy atom. The number of nitrogens with two attached hydrogens (primary N) is 2. The van der Waals surface area contributed by atoms with E-state index in [0.29, 0.717) is 55.8 Å². The summed E-state index contributed by atoms with van der Waals surface area (Å²) in [6.45, 7) is 6.59. The van der Waals surface area contributed by atoms with Gasteiger partial charge in [0.05, 0.1) is 6.42 Å². The van der Waals surface area contributed by atoms with E-state index in [1.165, 1.54) is 15.2 Å². The summed E-state index contributed by atoms with van der Waals surface area (Å²) in [6, 6.07) is 13.3. The standard InChI is InChI=1S/C37H50N8O6/c1-3-20-45-36(50)33-35(42-29(43(33)22-19-40-4-2)23-25-12-7-5-8-13-25)44(37(45)51)21-17-26-14-11-15-27(32(26)39)34(49)28(24-31(47)48)41-30(46)16-9-6-10-18-38/h5,7-8,11-15,28,40H,3-4,6,9-10,16-24,38-39H2,1-2H3,(H,41,46)(H,47,48). The number of Topliss-reactive ketones (excluding diaryl/α,β-unsaturated/α-hetero) is 1. The minimum Gasteiger partial charge on any atom is -0.481 e. The molecule has 1 amide bonds. The number of aromatic nitrogens is 4. The molecule has 2 aromatic heterocycles. The van der Waals surface area contributed by atoms with E-state index in [1.807, 2.05) is 48.7 Å². The number of rotatable bonds is 21. The van der Waals surface area contributed by atoms with Crippen molar-refractivity contribution in [2.45, 2.75) is 90.9 Å². The summed E-state index contributed by atoms with van der Waals surface area (Å²) in [5.74, 6) is -1.63. The maximum Gasteiger partial charge on any atom is 0.332 e. The van der Waals surface area contributed by atoms with Gasteiger partial charge in [0.25, 0.3) is 5.56 Å². The summed E-state index contributed by atoms with van der Waals surface area (Å²) in [5, 5.41) is 15.4. The van der Waals surface area contributed by atoms with E-state index in [1.54, 1.807) is 12.1 Å². The molecule has 0 radical (unpaired) electrons.